The van der Waals surface area contributed by atoms with Gasteiger partial charge in [0.25, 0.3) is 0 Å². The van der Waals surface area contributed by atoms with Gasteiger partial charge < -0.3 is 10.4 Å². The summed E-state index contributed by atoms with van der Waals surface area (Å²) < 4.78 is 0. The molecule has 0 saturated heterocycles. The highest BCUT2D eigenvalue weighted by atomic mass is 32.1. The van der Waals surface area contributed by atoms with Crippen LogP contribution in [0.4, 0.5) is 5.82 Å². The molecule has 0 saturated carbocycles. The first-order chi connectivity index (χ1) is 11.5. The predicted octanol–water partition coefficient (Wildman–Crippen LogP) is 4.25. The quantitative estimate of drug-likeness (QED) is 0.725. The lowest BCUT2D eigenvalue weighted by Crippen LogP contribution is -2.28. The molecular formula is C18H19N3O2S. The first-order valence-corrected chi connectivity index (χ1v) is 8.68. The number of aryl methyl sites for hydroxylation is 2. The number of nitrogens with one attached hydrogen (secondary N) is 1. The van der Waals surface area contributed by atoms with Crippen molar-refractivity contribution < 1.29 is 9.90 Å². The Kier molecular flexibility index (Phi) is 4.49. The highest BCUT2D eigenvalue weighted by molar-refractivity contribution is 7.17. The van der Waals surface area contributed by atoms with Crippen LogP contribution in [-0.2, 0) is 4.79 Å². The molecule has 5 nitrogen and oxygen atoms in total. The molecule has 0 fully saturated rings. The van der Waals surface area contributed by atoms with E-state index in [2.05, 4.69) is 52.7 Å². The van der Waals surface area contributed by atoms with Crippen molar-refractivity contribution in [3.05, 3.63) is 41.0 Å². The number of anilines is 1. The van der Waals surface area contributed by atoms with E-state index in [1.54, 1.807) is 11.3 Å². The number of carboxylic acids is 1. The summed E-state index contributed by atoms with van der Waals surface area (Å²) in [5.74, 6) is -0.307. The van der Waals surface area contributed by atoms with Crippen LogP contribution in [0.3, 0.4) is 0 Å². The van der Waals surface area contributed by atoms with Crippen LogP contribution in [0.5, 0.6) is 0 Å². The normalized spacial score (nSPS) is 12.3. The fourth-order valence-electron chi connectivity index (χ4n) is 2.80. The number of carbonyl (C=O) groups is 1. The Morgan fingerprint density at radius 1 is 1.29 bits per heavy atom. The molecule has 3 aromatic rings. The highest BCUT2D eigenvalue weighted by Gasteiger charge is 2.20. The molecule has 0 bridgehead atoms. The number of carboxylic acid groups (broad SMARTS) is 1. The fourth-order valence-corrected chi connectivity index (χ4v) is 3.71. The van der Waals surface area contributed by atoms with Crippen LogP contribution in [0.25, 0.3) is 21.3 Å². The van der Waals surface area contributed by atoms with Gasteiger partial charge in [0.2, 0.25) is 0 Å². The molecule has 6 heteroatoms. The Labute approximate surface area is 144 Å². The second-order valence-corrected chi connectivity index (χ2v) is 6.67. The van der Waals surface area contributed by atoms with Crippen LogP contribution in [0.2, 0.25) is 0 Å². The number of rotatable bonds is 5. The Balaban J connectivity index is 2.15. The van der Waals surface area contributed by atoms with Crippen LogP contribution in [0.1, 0.15) is 24.5 Å². The molecule has 3 rings (SSSR count). The molecule has 0 aliphatic heterocycles. The molecule has 124 valence electrons. The Hall–Kier alpha value is -2.47. The van der Waals surface area contributed by atoms with E-state index in [0.717, 1.165) is 21.3 Å². The third kappa shape index (κ3) is 2.97. The van der Waals surface area contributed by atoms with Crippen molar-refractivity contribution in [2.24, 2.45) is 0 Å². The molecular weight excluding hydrogens is 322 g/mol. The van der Waals surface area contributed by atoms with E-state index in [9.17, 15) is 9.90 Å². The minimum atomic E-state index is -0.882. The summed E-state index contributed by atoms with van der Waals surface area (Å²) in [6, 6.07) is 5.64. The molecule has 2 aromatic heterocycles. The number of aromatic nitrogens is 2. The molecule has 2 heterocycles. The monoisotopic (exact) mass is 341 g/mol. The highest BCUT2D eigenvalue weighted by Crippen LogP contribution is 2.38. The smallest absolute Gasteiger partial charge is 0.326 e. The van der Waals surface area contributed by atoms with Gasteiger partial charge in [0.1, 0.15) is 23.0 Å². The lowest BCUT2D eigenvalue weighted by atomic mass is 9.99. The van der Waals surface area contributed by atoms with Gasteiger partial charge in [-0.25, -0.2) is 14.8 Å². The maximum atomic E-state index is 11.4. The van der Waals surface area contributed by atoms with Crippen LogP contribution in [0, 0.1) is 13.8 Å². The van der Waals surface area contributed by atoms with Crippen LogP contribution in [-0.4, -0.2) is 27.1 Å². The molecule has 0 amide bonds. The van der Waals surface area contributed by atoms with Gasteiger partial charge in [0, 0.05) is 10.9 Å². The third-order valence-electron chi connectivity index (χ3n) is 4.06. The topological polar surface area (TPSA) is 75.1 Å². The number of benzene rings is 1. The summed E-state index contributed by atoms with van der Waals surface area (Å²) in [6.45, 7) is 5.98. The van der Waals surface area contributed by atoms with Crippen molar-refractivity contribution in [2.45, 2.75) is 33.2 Å². The summed E-state index contributed by atoms with van der Waals surface area (Å²) >= 11 is 1.54. The minimum absolute atomic E-state index is 0.476. The first kappa shape index (κ1) is 16.4. The molecule has 24 heavy (non-hydrogen) atoms. The zero-order valence-electron chi connectivity index (χ0n) is 13.8. The lowest BCUT2D eigenvalue weighted by molar-refractivity contribution is -0.137. The molecule has 0 spiro atoms. The van der Waals surface area contributed by atoms with Crippen molar-refractivity contribution in [1.82, 2.24) is 9.97 Å². The summed E-state index contributed by atoms with van der Waals surface area (Å²) in [5.41, 5.74) is 4.54. The predicted molar refractivity (Wildman–Crippen MR) is 97.7 cm³/mol. The molecule has 0 aliphatic carbocycles. The second-order valence-electron chi connectivity index (χ2n) is 5.81. The standard InChI is InChI=1S/C18H19N3O2S/c1-4-14(18(22)23)21-16-15-13(8-24-17(15)20-9-19-16)12-6-5-10(2)7-11(12)3/h5-9,14H,4H2,1-3H3,(H,22,23)(H,19,20,21). The van der Waals surface area contributed by atoms with Gasteiger partial charge in [0.05, 0.1) is 5.39 Å². The van der Waals surface area contributed by atoms with Crippen molar-refractivity contribution in [2.75, 3.05) is 5.32 Å². The van der Waals surface area contributed by atoms with E-state index >= 15 is 0 Å². The fraction of sp³-hybridized carbons (Fsp3) is 0.278. The van der Waals surface area contributed by atoms with E-state index in [-0.39, 0.29) is 0 Å². The average molecular weight is 341 g/mol. The van der Waals surface area contributed by atoms with Crippen LogP contribution < -0.4 is 5.32 Å². The zero-order chi connectivity index (χ0) is 17.3. The van der Waals surface area contributed by atoms with E-state index in [0.29, 0.717) is 12.2 Å². The van der Waals surface area contributed by atoms with Crippen molar-refractivity contribution in [3.63, 3.8) is 0 Å². The number of hydrogen-bond donors (Lipinski definition) is 2. The zero-order valence-corrected chi connectivity index (χ0v) is 14.6. The van der Waals surface area contributed by atoms with Gasteiger partial charge in [-0.05, 0) is 31.4 Å². The third-order valence-corrected chi connectivity index (χ3v) is 4.95. The Morgan fingerprint density at radius 3 is 2.75 bits per heavy atom. The average Bonchev–Trinajstić information content (AvgIpc) is 2.97. The lowest BCUT2D eigenvalue weighted by Gasteiger charge is -2.14. The van der Waals surface area contributed by atoms with Gasteiger partial charge in [-0.2, -0.15) is 0 Å². The van der Waals surface area contributed by atoms with E-state index in [1.165, 1.54) is 17.5 Å². The van der Waals surface area contributed by atoms with Gasteiger partial charge in [-0.1, -0.05) is 30.7 Å². The van der Waals surface area contributed by atoms with Gasteiger partial charge in [0.15, 0.2) is 0 Å². The molecule has 0 radical (unpaired) electrons. The molecule has 2 N–H and O–H groups in total. The summed E-state index contributed by atoms with van der Waals surface area (Å²) in [4.78, 5) is 20.8. The molecule has 0 aliphatic rings. The number of thiophene rings is 1. The SMILES string of the molecule is CCC(Nc1ncnc2scc(-c3ccc(C)cc3C)c12)C(=O)O. The Bertz CT molecular complexity index is 904. The first-order valence-electron chi connectivity index (χ1n) is 7.80. The second kappa shape index (κ2) is 6.57. The van der Waals surface area contributed by atoms with Gasteiger partial charge in [-0.15, -0.1) is 11.3 Å². The largest absolute Gasteiger partial charge is 0.480 e. The van der Waals surface area contributed by atoms with Crippen molar-refractivity contribution in [3.8, 4) is 11.1 Å². The van der Waals surface area contributed by atoms with E-state index in [4.69, 9.17) is 0 Å². The van der Waals surface area contributed by atoms with E-state index < -0.39 is 12.0 Å². The van der Waals surface area contributed by atoms with Gasteiger partial charge >= 0.3 is 5.97 Å². The molecule has 1 unspecified atom stereocenters. The molecule has 1 aromatic carbocycles. The van der Waals surface area contributed by atoms with Crippen LogP contribution in [0.15, 0.2) is 29.9 Å². The number of aliphatic carboxylic acids is 1. The van der Waals surface area contributed by atoms with Gasteiger partial charge in [-0.3, -0.25) is 0 Å². The summed E-state index contributed by atoms with van der Waals surface area (Å²) in [6.07, 6.45) is 1.95. The van der Waals surface area contributed by atoms with Crippen molar-refractivity contribution >= 4 is 33.3 Å². The number of fused-ring (bicyclic) bond motifs is 1. The number of hydrogen-bond acceptors (Lipinski definition) is 5. The number of nitrogens with zero attached hydrogens (tertiary/aromatic N) is 2. The Morgan fingerprint density at radius 2 is 2.08 bits per heavy atom. The summed E-state index contributed by atoms with van der Waals surface area (Å²) in [5, 5.41) is 15.3. The molecule has 1 atom stereocenters. The summed E-state index contributed by atoms with van der Waals surface area (Å²) in [7, 11) is 0. The van der Waals surface area contributed by atoms with E-state index in [1.807, 2.05) is 6.92 Å². The maximum Gasteiger partial charge on any atom is 0.326 e. The minimum Gasteiger partial charge on any atom is -0.480 e. The van der Waals surface area contributed by atoms with Crippen molar-refractivity contribution in [1.29, 1.82) is 0 Å². The van der Waals surface area contributed by atoms with Crippen LogP contribution >= 0.6 is 11.3 Å². The maximum absolute atomic E-state index is 11.4.